The van der Waals surface area contributed by atoms with Crippen molar-refractivity contribution in [2.75, 3.05) is 13.2 Å². The van der Waals surface area contributed by atoms with Gasteiger partial charge in [-0.3, -0.25) is 0 Å². The molecule has 1 aliphatic heterocycles. The zero-order valence-corrected chi connectivity index (χ0v) is 9.30. The molecule has 0 bridgehead atoms. The maximum Gasteiger partial charge on any atom is 0.0685 e. The molecule has 2 aliphatic rings. The average Bonchev–Trinajstić information content (AvgIpc) is 2.65. The summed E-state index contributed by atoms with van der Waals surface area (Å²) in [7, 11) is 0. The fourth-order valence-corrected chi connectivity index (χ4v) is 3.11. The molecule has 2 N–H and O–H groups in total. The predicted octanol–water partition coefficient (Wildman–Crippen LogP) is 2.32. The van der Waals surface area contributed by atoms with E-state index in [0.29, 0.717) is 5.92 Å². The number of hydrogen-bond donors (Lipinski definition) is 1. The Kier molecular flexibility index (Phi) is 3.13. The molecule has 2 rings (SSSR count). The standard InChI is InChI=1S/C12H23NO/c1-10(9-13)11-4-7-14-12(8-11)5-2-3-6-12/h10-11H,2-9,13H2,1H3. The van der Waals surface area contributed by atoms with Crippen LogP contribution in [0.5, 0.6) is 0 Å². The second-order valence-electron chi connectivity index (χ2n) is 5.20. The van der Waals surface area contributed by atoms with Gasteiger partial charge in [-0.2, -0.15) is 0 Å². The highest BCUT2D eigenvalue weighted by atomic mass is 16.5. The molecule has 0 amide bonds. The normalized spacial score (nSPS) is 33.4. The average molecular weight is 197 g/mol. The van der Waals surface area contributed by atoms with Gasteiger partial charge in [0.05, 0.1) is 5.60 Å². The molecular formula is C12H23NO. The summed E-state index contributed by atoms with van der Waals surface area (Å²) >= 11 is 0. The van der Waals surface area contributed by atoms with E-state index in [9.17, 15) is 0 Å². The Hall–Kier alpha value is -0.0800. The Bertz CT molecular complexity index is 187. The molecule has 82 valence electrons. The summed E-state index contributed by atoms with van der Waals surface area (Å²) in [5.74, 6) is 1.49. The van der Waals surface area contributed by atoms with Gasteiger partial charge in [-0.25, -0.2) is 0 Å². The Labute approximate surface area is 87.2 Å². The van der Waals surface area contributed by atoms with Crippen LogP contribution in [0.15, 0.2) is 0 Å². The Morgan fingerprint density at radius 2 is 2.14 bits per heavy atom. The monoisotopic (exact) mass is 197 g/mol. The second-order valence-corrected chi connectivity index (χ2v) is 5.20. The quantitative estimate of drug-likeness (QED) is 0.737. The molecule has 0 radical (unpaired) electrons. The van der Waals surface area contributed by atoms with E-state index in [2.05, 4.69) is 6.92 Å². The molecule has 1 saturated carbocycles. The summed E-state index contributed by atoms with van der Waals surface area (Å²) in [4.78, 5) is 0. The van der Waals surface area contributed by atoms with E-state index in [-0.39, 0.29) is 5.60 Å². The maximum absolute atomic E-state index is 6.01. The van der Waals surface area contributed by atoms with E-state index >= 15 is 0 Å². The van der Waals surface area contributed by atoms with Gasteiger partial charge in [0.15, 0.2) is 0 Å². The minimum Gasteiger partial charge on any atom is -0.375 e. The van der Waals surface area contributed by atoms with Crippen molar-refractivity contribution < 1.29 is 4.74 Å². The predicted molar refractivity (Wildman–Crippen MR) is 58.1 cm³/mol. The molecule has 0 aromatic rings. The molecule has 0 aromatic carbocycles. The maximum atomic E-state index is 6.01. The highest BCUT2D eigenvalue weighted by molar-refractivity contribution is 4.92. The minimum atomic E-state index is 0.270. The topological polar surface area (TPSA) is 35.2 Å². The lowest BCUT2D eigenvalue weighted by molar-refractivity contribution is -0.0999. The smallest absolute Gasteiger partial charge is 0.0685 e. The van der Waals surface area contributed by atoms with E-state index in [0.717, 1.165) is 19.1 Å². The van der Waals surface area contributed by atoms with Crippen LogP contribution in [0.4, 0.5) is 0 Å². The van der Waals surface area contributed by atoms with E-state index in [1.54, 1.807) is 0 Å². The first-order valence-electron chi connectivity index (χ1n) is 6.10. The number of hydrogen-bond acceptors (Lipinski definition) is 2. The van der Waals surface area contributed by atoms with Gasteiger partial charge < -0.3 is 10.5 Å². The molecule has 14 heavy (non-hydrogen) atoms. The largest absolute Gasteiger partial charge is 0.375 e. The molecule has 1 heterocycles. The van der Waals surface area contributed by atoms with Gasteiger partial charge in [0.25, 0.3) is 0 Å². The van der Waals surface area contributed by atoms with Crippen LogP contribution < -0.4 is 5.73 Å². The van der Waals surface area contributed by atoms with Gasteiger partial charge in [-0.05, 0) is 44.1 Å². The molecule has 1 aliphatic carbocycles. The van der Waals surface area contributed by atoms with Crippen LogP contribution in [0.2, 0.25) is 0 Å². The number of rotatable bonds is 2. The van der Waals surface area contributed by atoms with E-state index in [1.807, 2.05) is 0 Å². The molecule has 2 heteroatoms. The van der Waals surface area contributed by atoms with Gasteiger partial charge in [-0.15, -0.1) is 0 Å². The molecule has 2 unspecified atom stereocenters. The van der Waals surface area contributed by atoms with E-state index in [4.69, 9.17) is 10.5 Å². The lowest BCUT2D eigenvalue weighted by Gasteiger charge is -2.40. The third kappa shape index (κ3) is 1.96. The van der Waals surface area contributed by atoms with E-state index < -0.39 is 0 Å². The van der Waals surface area contributed by atoms with Crippen LogP contribution in [0, 0.1) is 11.8 Å². The van der Waals surface area contributed by atoms with Crippen molar-refractivity contribution in [3.05, 3.63) is 0 Å². The van der Waals surface area contributed by atoms with Crippen LogP contribution in [0.3, 0.4) is 0 Å². The Morgan fingerprint density at radius 1 is 1.43 bits per heavy atom. The Balaban J connectivity index is 1.96. The molecular weight excluding hydrogens is 174 g/mol. The number of ether oxygens (including phenoxy) is 1. The summed E-state index contributed by atoms with van der Waals surface area (Å²) < 4.78 is 6.01. The molecule has 1 saturated heterocycles. The first kappa shape index (κ1) is 10.4. The van der Waals surface area contributed by atoms with Gasteiger partial charge in [0, 0.05) is 6.61 Å². The van der Waals surface area contributed by atoms with Crippen molar-refractivity contribution in [3.8, 4) is 0 Å². The second kappa shape index (κ2) is 4.19. The molecule has 1 spiro atoms. The van der Waals surface area contributed by atoms with Crippen LogP contribution in [-0.2, 0) is 4.74 Å². The van der Waals surface area contributed by atoms with Crippen LogP contribution >= 0.6 is 0 Å². The SMILES string of the molecule is CC(CN)C1CCOC2(CCCC2)C1. The van der Waals surface area contributed by atoms with Crippen molar-refractivity contribution >= 4 is 0 Å². The highest BCUT2D eigenvalue weighted by Gasteiger charge is 2.40. The minimum absolute atomic E-state index is 0.270. The molecule has 2 atom stereocenters. The summed E-state index contributed by atoms with van der Waals surface area (Å²) in [5, 5.41) is 0. The van der Waals surface area contributed by atoms with Crippen molar-refractivity contribution in [1.29, 1.82) is 0 Å². The van der Waals surface area contributed by atoms with Crippen LogP contribution in [0.1, 0.15) is 45.4 Å². The van der Waals surface area contributed by atoms with Crippen LogP contribution in [-0.4, -0.2) is 18.8 Å². The zero-order valence-electron chi connectivity index (χ0n) is 9.30. The van der Waals surface area contributed by atoms with Crippen molar-refractivity contribution in [3.63, 3.8) is 0 Å². The number of nitrogens with two attached hydrogens (primary N) is 1. The summed E-state index contributed by atoms with van der Waals surface area (Å²) in [6, 6.07) is 0. The van der Waals surface area contributed by atoms with Gasteiger partial charge >= 0.3 is 0 Å². The summed E-state index contributed by atoms with van der Waals surface area (Å²) in [6.45, 7) is 4.09. The fraction of sp³-hybridized carbons (Fsp3) is 1.00. The van der Waals surface area contributed by atoms with Crippen molar-refractivity contribution in [1.82, 2.24) is 0 Å². The first-order valence-corrected chi connectivity index (χ1v) is 6.10. The third-order valence-corrected chi connectivity index (χ3v) is 4.22. The zero-order chi connectivity index (χ0) is 10.0. The highest BCUT2D eigenvalue weighted by Crippen LogP contribution is 2.43. The van der Waals surface area contributed by atoms with Crippen molar-refractivity contribution in [2.24, 2.45) is 17.6 Å². The Morgan fingerprint density at radius 3 is 2.79 bits per heavy atom. The van der Waals surface area contributed by atoms with Gasteiger partial charge in [-0.1, -0.05) is 19.8 Å². The lowest BCUT2D eigenvalue weighted by atomic mass is 9.78. The molecule has 2 fully saturated rings. The first-order chi connectivity index (χ1) is 6.76. The molecule has 2 nitrogen and oxygen atoms in total. The van der Waals surface area contributed by atoms with Crippen LogP contribution in [0.25, 0.3) is 0 Å². The lowest BCUT2D eigenvalue weighted by Crippen LogP contribution is -2.40. The summed E-state index contributed by atoms with van der Waals surface area (Å²) in [5.41, 5.74) is 6.02. The van der Waals surface area contributed by atoms with E-state index in [1.165, 1.54) is 38.5 Å². The molecule has 0 aromatic heterocycles. The third-order valence-electron chi connectivity index (χ3n) is 4.22. The fourth-order valence-electron chi connectivity index (χ4n) is 3.11. The van der Waals surface area contributed by atoms with Crippen molar-refractivity contribution in [2.45, 2.75) is 51.0 Å². The summed E-state index contributed by atoms with van der Waals surface area (Å²) in [6.07, 6.45) is 7.81. The van der Waals surface area contributed by atoms with Gasteiger partial charge in [0.2, 0.25) is 0 Å². The van der Waals surface area contributed by atoms with Gasteiger partial charge in [0.1, 0.15) is 0 Å².